The predicted octanol–water partition coefficient (Wildman–Crippen LogP) is 2.88. The molecule has 2 aliphatic carbocycles. The predicted molar refractivity (Wildman–Crippen MR) is 87.2 cm³/mol. The molecule has 2 fully saturated rings. The normalized spacial score (nSPS) is 28.9. The van der Waals surface area contributed by atoms with E-state index in [4.69, 9.17) is 15.2 Å². The Morgan fingerprint density at radius 2 is 1.91 bits per heavy atom. The number of ether oxygens (including phenoxy) is 2. The van der Waals surface area contributed by atoms with Gasteiger partial charge in [-0.2, -0.15) is 0 Å². The van der Waals surface area contributed by atoms with E-state index in [1.807, 2.05) is 12.3 Å². The van der Waals surface area contributed by atoms with Gasteiger partial charge in [0.2, 0.25) is 0 Å². The second-order valence-electron chi connectivity index (χ2n) is 6.58. The smallest absolute Gasteiger partial charge is 0.162 e. The molecule has 5 nitrogen and oxygen atoms in total. The van der Waals surface area contributed by atoms with E-state index in [0.717, 1.165) is 34.7 Å². The second-order valence-corrected chi connectivity index (χ2v) is 6.58. The Morgan fingerprint density at radius 1 is 1.14 bits per heavy atom. The maximum absolute atomic E-state index is 6.10. The molecule has 0 unspecified atom stereocenters. The van der Waals surface area contributed by atoms with Gasteiger partial charge in [-0.3, -0.25) is 0 Å². The molecule has 1 aliphatic heterocycles. The van der Waals surface area contributed by atoms with Gasteiger partial charge in [0.1, 0.15) is 5.82 Å². The fraction of sp³-hybridized carbons (Fsp3) is 0.529. The van der Waals surface area contributed by atoms with Crippen molar-refractivity contribution in [3.05, 3.63) is 24.2 Å². The summed E-state index contributed by atoms with van der Waals surface area (Å²) in [5, 5.41) is 3.25. The minimum atomic E-state index is 0.552. The molecular formula is C17H23N3O2. The average molecular weight is 301 g/mol. The first-order valence-electron chi connectivity index (χ1n) is 7.98. The largest absolute Gasteiger partial charge is 0.493 e. The van der Waals surface area contributed by atoms with Gasteiger partial charge in [-0.05, 0) is 31.1 Å². The highest BCUT2D eigenvalue weighted by Gasteiger charge is 2.43. The van der Waals surface area contributed by atoms with Crippen molar-refractivity contribution < 1.29 is 9.47 Å². The van der Waals surface area contributed by atoms with Crippen LogP contribution in [0.15, 0.2) is 24.2 Å². The molecule has 1 heterocycles. The highest BCUT2D eigenvalue weighted by atomic mass is 16.5. The Morgan fingerprint density at radius 3 is 2.55 bits per heavy atom. The molecule has 118 valence electrons. The Balaban J connectivity index is 1.75. The molecule has 1 aromatic rings. The first-order chi connectivity index (χ1) is 10.7. The third-order valence-electron chi connectivity index (χ3n) is 5.40. The van der Waals surface area contributed by atoms with Crippen molar-refractivity contribution in [1.82, 2.24) is 0 Å². The number of fused-ring (bicyclic) bond motifs is 3. The number of rotatable bonds is 3. The highest BCUT2D eigenvalue weighted by molar-refractivity contribution is 5.80. The SMILES string of the molecule is COc1cc2c(cc1OC)N([C@H]1C[C@@H]3CC[C@H]1C3)C=C(N)N2. The topological polar surface area (TPSA) is 59.8 Å². The van der Waals surface area contributed by atoms with Crippen LogP contribution >= 0.6 is 0 Å². The van der Waals surface area contributed by atoms with Crippen LogP contribution in [-0.4, -0.2) is 20.3 Å². The van der Waals surface area contributed by atoms with E-state index >= 15 is 0 Å². The van der Waals surface area contributed by atoms with Crippen molar-refractivity contribution in [3.63, 3.8) is 0 Å². The van der Waals surface area contributed by atoms with Gasteiger partial charge in [0, 0.05) is 24.4 Å². The zero-order valence-corrected chi connectivity index (χ0v) is 13.1. The van der Waals surface area contributed by atoms with Crippen molar-refractivity contribution in [2.24, 2.45) is 17.6 Å². The molecule has 0 spiro atoms. The summed E-state index contributed by atoms with van der Waals surface area (Å²) in [6, 6.07) is 4.57. The van der Waals surface area contributed by atoms with Gasteiger partial charge in [-0.15, -0.1) is 0 Å². The number of hydrogen-bond acceptors (Lipinski definition) is 5. The third-order valence-corrected chi connectivity index (χ3v) is 5.40. The summed E-state index contributed by atoms with van der Waals surface area (Å²) < 4.78 is 10.9. The molecule has 5 heteroatoms. The van der Waals surface area contributed by atoms with Gasteiger partial charge in [0.15, 0.2) is 11.5 Å². The standard InChI is InChI=1S/C17H23N3O2/c1-21-15-7-12-14(8-16(15)22-2)20(9-17(18)19-12)13-6-10-3-4-11(13)5-10/h7-11,13,19H,3-6,18H2,1-2H3/t10-,11+,13+/m1/s1. The van der Waals surface area contributed by atoms with Crippen LogP contribution in [0.4, 0.5) is 11.4 Å². The first-order valence-corrected chi connectivity index (χ1v) is 7.98. The number of nitrogens with one attached hydrogen (secondary N) is 1. The van der Waals surface area contributed by atoms with E-state index in [9.17, 15) is 0 Å². The van der Waals surface area contributed by atoms with Crippen LogP contribution in [0.2, 0.25) is 0 Å². The number of methoxy groups -OCH3 is 2. The van der Waals surface area contributed by atoms with Crippen LogP contribution in [0.5, 0.6) is 11.5 Å². The van der Waals surface area contributed by atoms with Crippen LogP contribution in [0.3, 0.4) is 0 Å². The van der Waals surface area contributed by atoms with E-state index in [1.165, 1.54) is 25.7 Å². The highest BCUT2D eigenvalue weighted by Crippen LogP contribution is 2.50. The van der Waals surface area contributed by atoms with Crippen LogP contribution in [0, 0.1) is 11.8 Å². The lowest BCUT2D eigenvalue weighted by atomic mass is 9.93. The lowest BCUT2D eigenvalue weighted by Crippen LogP contribution is -2.39. The Kier molecular flexibility index (Phi) is 3.10. The summed E-state index contributed by atoms with van der Waals surface area (Å²) in [5.41, 5.74) is 8.22. The summed E-state index contributed by atoms with van der Waals surface area (Å²) in [7, 11) is 3.33. The molecule has 3 atom stereocenters. The van der Waals surface area contributed by atoms with E-state index in [-0.39, 0.29) is 0 Å². The fourth-order valence-corrected chi connectivity index (χ4v) is 4.42. The fourth-order valence-electron chi connectivity index (χ4n) is 4.42. The minimum absolute atomic E-state index is 0.552. The number of anilines is 2. The summed E-state index contributed by atoms with van der Waals surface area (Å²) in [6.07, 6.45) is 7.41. The average Bonchev–Trinajstić information content (AvgIpc) is 3.15. The lowest BCUT2D eigenvalue weighted by molar-refractivity contribution is 0.354. The quantitative estimate of drug-likeness (QED) is 0.899. The lowest BCUT2D eigenvalue weighted by Gasteiger charge is -2.38. The van der Waals surface area contributed by atoms with E-state index in [2.05, 4.69) is 16.3 Å². The molecule has 4 rings (SSSR count). The monoisotopic (exact) mass is 301 g/mol. The number of nitrogens with two attached hydrogens (primary N) is 1. The molecule has 2 bridgehead atoms. The van der Waals surface area contributed by atoms with Crippen LogP contribution in [-0.2, 0) is 0 Å². The molecule has 3 aliphatic rings. The summed E-state index contributed by atoms with van der Waals surface area (Å²) >= 11 is 0. The molecule has 22 heavy (non-hydrogen) atoms. The molecule has 0 radical (unpaired) electrons. The summed E-state index contributed by atoms with van der Waals surface area (Å²) in [6.45, 7) is 0. The maximum atomic E-state index is 6.10. The van der Waals surface area contributed by atoms with Gasteiger partial charge in [-0.25, -0.2) is 0 Å². The van der Waals surface area contributed by atoms with Gasteiger partial charge in [0.05, 0.1) is 25.6 Å². The number of hydrogen-bond donors (Lipinski definition) is 2. The molecule has 0 amide bonds. The van der Waals surface area contributed by atoms with Gasteiger partial charge in [-0.1, -0.05) is 6.42 Å². The van der Waals surface area contributed by atoms with Gasteiger partial charge in [0.25, 0.3) is 0 Å². The summed E-state index contributed by atoms with van der Waals surface area (Å²) in [4.78, 5) is 2.35. The van der Waals surface area contributed by atoms with Crippen molar-refractivity contribution in [2.75, 3.05) is 24.4 Å². The molecule has 0 aromatic heterocycles. The van der Waals surface area contributed by atoms with Crippen LogP contribution in [0.1, 0.15) is 25.7 Å². The Bertz CT molecular complexity index is 629. The van der Waals surface area contributed by atoms with Crippen molar-refractivity contribution in [2.45, 2.75) is 31.7 Å². The maximum Gasteiger partial charge on any atom is 0.162 e. The van der Waals surface area contributed by atoms with Crippen molar-refractivity contribution >= 4 is 11.4 Å². The number of nitrogens with zero attached hydrogens (tertiary/aromatic N) is 1. The van der Waals surface area contributed by atoms with E-state index in [0.29, 0.717) is 11.9 Å². The van der Waals surface area contributed by atoms with Crippen molar-refractivity contribution in [1.29, 1.82) is 0 Å². The summed E-state index contributed by atoms with van der Waals surface area (Å²) in [5.74, 6) is 3.83. The molecule has 3 N–H and O–H groups in total. The van der Waals surface area contributed by atoms with E-state index < -0.39 is 0 Å². The van der Waals surface area contributed by atoms with E-state index in [1.54, 1.807) is 14.2 Å². The zero-order chi connectivity index (χ0) is 15.3. The molecule has 2 saturated carbocycles. The minimum Gasteiger partial charge on any atom is -0.493 e. The Hall–Kier alpha value is -2.04. The van der Waals surface area contributed by atoms with Gasteiger partial charge >= 0.3 is 0 Å². The van der Waals surface area contributed by atoms with Crippen molar-refractivity contribution in [3.8, 4) is 11.5 Å². The first kappa shape index (κ1) is 13.6. The third kappa shape index (κ3) is 1.99. The molecule has 1 aromatic carbocycles. The number of benzene rings is 1. The zero-order valence-electron chi connectivity index (χ0n) is 13.1. The van der Waals surface area contributed by atoms with Crippen LogP contribution < -0.4 is 25.4 Å². The molecule has 0 saturated heterocycles. The van der Waals surface area contributed by atoms with Crippen LogP contribution in [0.25, 0.3) is 0 Å². The van der Waals surface area contributed by atoms with Gasteiger partial charge < -0.3 is 25.4 Å². The Labute approximate surface area is 131 Å². The second kappa shape index (κ2) is 5.00. The molecular weight excluding hydrogens is 278 g/mol.